The molecule has 0 N–H and O–H groups in total. The molecule has 0 bridgehead atoms. The first-order chi connectivity index (χ1) is 9.92. The number of para-hydroxylation sites is 2. The average Bonchev–Trinajstić information content (AvgIpc) is 2.82. The van der Waals surface area contributed by atoms with Gasteiger partial charge in [-0.1, -0.05) is 29.8 Å². The van der Waals surface area contributed by atoms with Crippen molar-refractivity contribution < 1.29 is 29.6 Å². The van der Waals surface area contributed by atoms with Gasteiger partial charge in [-0.3, -0.25) is 4.98 Å². The molecule has 0 atom stereocenters. The van der Waals surface area contributed by atoms with Crippen LogP contribution in [-0.4, -0.2) is 9.97 Å². The van der Waals surface area contributed by atoms with E-state index in [1.54, 1.807) is 0 Å². The van der Waals surface area contributed by atoms with Crippen LogP contribution in [0.25, 0.3) is 44.3 Å². The second kappa shape index (κ2) is 4.63. The van der Waals surface area contributed by atoms with Gasteiger partial charge < -0.3 is 0 Å². The normalized spacial score (nSPS) is 11.4. The molecule has 2 nitrogen and oxygen atoms in total. The van der Waals surface area contributed by atoms with E-state index in [4.69, 9.17) is 9.97 Å². The van der Waals surface area contributed by atoms with Crippen LogP contribution in [0.1, 0.15) is 0 Å². The molecule has 3 heteroatoms. The molecule has 1 aliphatic rings. The van der Waals surface area contributed by atoms with Gasteiger partial charge in [-0.2, -0.15) is 18.2 Å². The fraction of sp³-hybridized carbons (Fsp3) is 0. The Kier molecular flexibility index (Phi) is 2.86. The van der Waals surface area contributed by atoms with E-state index in [-0.39, 0.29) is 29.6 Å². The molecule has 4 aromatic rings. The van der Waals surface area contributed by atoms with Crippen LogP contribution in [0.15, 0.2) is 54.6 Å². The van der Waals surface area contributed by atoms with Gasteiger partial charge in [0.1, 0.15) is 0 Å². The predicted octanol–water partition coefficient (Wildman–Crippen LogP) is 1.23. The van der Waals surface area contributed by atoms with Crippen LogP contribution in [0.4, 0.5) is 0 Å². The van der Waals surface area contributed by atoms with Crippen molar-refractivity contribution in [3.63, 3.8) is 0 Å². The number of aromatic nitrogens is 2. The molecule has 0 saturated heterocycles. The first kappa shape index (κ1) is 13.0. The summed E-state index contributed by atoms with van der Waals surface area (Å²) in [5.74, 6) is 0. The third kappa shape index (κ3) is 1.70. The largest absolute Gasteiger partial charge is 1.00 e. The molecule has 92 valence electrons. The van der Waals surface area contributed by atoms with E-state index < -0.39 is 0 Å². The zero-order chi connectivity index (χ0) is 13.1. The van der Waals surface area contributed by atoms with Crippen molar-refractivity contribution in [2.45, 2.75) is 0 Å². The Hall–Kier alpha value is -1.74. The van der Waals surface area contributed by atoms with Gasteiger partial charge in [0.25, 0.3) is 0 Å². The fourth-order valence-electron chi connectivity index (χ4n) is 3.04. The summed E-state index contributed by atoms with van der Waals surface area (Å²) >= 11 is 0. The first-order valence-corrected chi connectivity index (χ1v) is 6.62. The first-order valence-electron chi connectivity index (χ1n) is 6.62. The number of hydrogen-bond donors (Lipinski definition) is 0. The molecule has 21 heavy (non-hydrogen) atoms. The molecule has 0 unspecified atom stereocenters. The monoisotopic (exact) mass is 276 g/mol. The topological polar surface area (TPSA) is 25.8 Å². The Morgan fingerprint density at radius 1 is 0.714 bits per heavy atom. The van der Waals surface area contributed by atoms with Gasteiger partial charge in [0.15, 0.2) is 0 Å². The molecule has 0 saturated carbocycles. The molecular formula is C18H9N2Na. The fourth-order valence-corrected chi connectivity index (χ4v) is 3.04. The number of benzene rings is 3. The summed E-state index contributed by atoms with van der Waals surface area (Å²) in [5, 5.41) is 2.44. The molecule has 0 fully saturated rings. The summed E-state index contributed by atoms with van der Waals surface area (Å²) in [4.78, 5) is 9.63. The maximum absolute atomic E-state index is 4.82. The summed E-state index contributed by atoms with van der Waals surface area (Å²) in [6.45, 7) is 0. The minimum absolute atomic E-state index is 0. The van der Waals surface area contributed by atoms with Crippen molar-refractivity contribution in [3.8, 4) is 22.5 Å². The van der Waals surface area contributed by atoms with Gasteiger partial charge >= 0.3 is 29.6 Å². The van der Waals surface area contributed by atoms with Crippen molar-refractivity contribution in [2.24, 2.45) is 0 Å². The standard InChI is InChI=1S/C18H9N2.Na/c1-2-10-15-14(9-1)19-17-12-7-3-5-11-6-4-8-13(16(11)12)18(17)20-15;/h1-3,5-10H;/q-1;+1. The summed E-state index contributed by atoms with van der Waals surface area (Å²) in [5.41, 5.74) is 6.18. The Morgan fingerprint density at radius 3 is 2.19 bits per heavy atom. The smallest absolute Gasteiger partial charge is 0.257 e. The molecule has 0 spiro atoms. The van der Waals surface area contributed by atoms with E-state index in [1.165, 1.54) is 16.3 Å². The minimum Gasteiger partial charge on any atom is -0.257 e. The van der Waals surface area contributed by atoms with Crippen molar-refractivity contribution in [3.05, 3.63) is 60.7 Å². The van der Waals surface area contributed by atoms with Crippen LogP contribution in [-0.2, 0) is 0 Å². The van der Waals surface area contributed by atoms with Gasteiger partial charge in [0, 0.05) is 5.69 Å². The van der Waals surface area contributed by atoms with Crippen LogP contribution in [0.3, 0.4) is 0 Å². The predicted molar refractivity (Wildman–Crippen MR) is 80.3 cm³/mol. The zero-order valence-electron chi connectivity index (χ0n) is 11.6. The molecular weight excluding hydrogens is 267 g/mol. The van der Waals surface area contributed by atoms with Crippen molar-refractivity contribution in [1.82, 2.24) is 9.97 Å². The number of rotatable bonds is 0. The summed E-state index contributed by atoms with van der Waals surface area (Å²) in [7, 11) is 0. The van der Waals surface area contributed by atoms with E-state index >= 15 is 0 Å². The van der Waals surface area contributed by atoms with Crippen LogP contribution in [0, 0.1) is 6.07 Å². The average molecular weight is 276 g/mol. The molecule has 0 amide bonds. The van der Waals surface area contributed by atoms with Crippen LogP contribution >= 0.6 is 0 Å². The van der Waals surface area contributed by atoms with Crippen LogP contribution in [0.5, 0.6) is 0 Å². The number of hydrogen-bond acceptors (Lipinski definition) is 2. The van der Waals surface area contributed by atoms with E-state index in [0.717, 1.165) is 28.0 Å². The Balaban J connectivity index is 0.00000115. The van der Waals surface area contributed by atoms with Gasteiger partial charge in [-0.05, 0) is 17.7 Å². The van der Waals surface area contributed by atoms with E-state index in [1.807, 2.05) is 36.4 Å². The second-order valence-electron chi connectivity index (χ2n) is 5.05. The third-order valence-electron chi connectivity index (χ3n) is 3.91. The minimum atomic E-state index is 0. The summed E-state index contributed by atoms with van der Waals surface area (Å²) in [6, 6.07) is 21.6. The van der Waals surface area contributed by atoms with E-state index in [2.05, 4.69) is 24.3 Å². The molecule has 1 heterocycles. The van der Waals surface area contributed by atoms with E-state index in [9.17, 15) is 0 Å². The quantitative estimate of drug-likeness (QED) is 0.314. The van der Waals surface area contributed by atoms with Crippen molar-refractivity contribution >= 4 is 21.8 Å². The Morgan fingerprint density at radius 2 is 1.43 bits per heavy atom. The van der Waals surface area contributed by atoms with Gasteiger partial charge in [-0.25, -0.2) is 4.98 Å². The number of fused-ring (bicyclic) bond motifs is 4. The van der Waals surface area contributed by atoms with Crippen LogP contribution < -0.4 is 29.6 Å². The maximum Gasteiger partial charge on any atom is 1.00 e. The SMILES string of the molecule is [Na+].[c-]1cc2c3c(cccc3c1)-c1nc3ccccc3nc1-2. The zero-order valence-corrected chi connectivity index (χ0v) is 13.6. The summed E-state index contributed by atoms with van der Waals surface area (Å²) in [6.07, 6.45) is 0. The van der Waals surface area contributed by atoms with Crippen molar-refractivity contribution in [1.29, 1.82) is 0 Å². The van der Waals surface area contributed by atoms with Gasteiger partial charge in [0.05, 0.1) is 16.7 Å². The Labute approximate surface area is 144 Å². The van der Waals surface area contributed by atoms with E-state index in [0.29, 0.717) is 0 Å². The molecule has 3 aromatic carbocycles. The second-order valence-corrected chi connectivity index (χ2v) is 5.05. The summed E-state index contributed by atoms with van der Waals surface area (Å²) < 4.78 is 0. The molecule has 0 radical (unpaired) electrons. The third-order valence-corrected chi connectivity index (χ3v) is 3.91. The van der Waals surface area contributed by atoms with Crippen molar-refractivity contribution in [2.75, 3.05) is 0 Å². The molecule has 1 aromatic heterocycles. The molecule has 5 rings (SSSR count). The number of nitrogens with zero attached hydrogens (tertiary/aromatic N) is 2. The van der Waals surface area contributed by atoms with Gasteiger partial charge in [0.2, 0.25) is 0 Å². The molecule has 0 aliphatic heterocycles. The Bertz CT molecular complexity index is 931. The maximum atomic E-state index is 4.82. The molecule has 1 aliphatic carbocycles. The van der Waals surface area contributed by atoms with Gasteiger partial charge in [-0.15, -0.1) is 16.8 Å². The van der Waals surface area contributed by atoms with Crippen LogP contribution in [0.2, 0.25) is 0 Å².